The minimum absolute atomic E-state index is 0.0813. The molecule has 1 aromatic carbocycles. The highest BCUT2D eigenvalue weighted by atomic mass is 32.2. The molecule has 0 aliphatic carbocycles. The van der Waals surface area contributed by atoms with Gasteiger partial charge in [-0.3, -0.25) is 19.7 Å². The summed E-state index contributed by atoms with van der Waals surface area (Å²) in [6.45, 7) is -0.161. The van der Waals surface area contributed by atoms with E-state index in [0.29, 0.717) is 0 Å². The van der Waals surface area contributed by atoms with Crippen LogP contribution in [0.15, 0.2) is 35.5 Å². The van der Waals surface area contributed by atoms with Crippen molar-refractivity contribution in [3.63, 3.8) is 0 Å². The average molecular weight is 487 g/mol. The van der Waals surface area contributed by atoms with Crippen LogP contribution < -0.4 is 0 Å². The fraction of sp³-hybridized carbons (Fsp3) is 0.438. The van der Waals surface area contributed by atoms with Crippen LogP contribution >= 0.6 is 0 Å². The summed E-state index contributed by atoms with van der Waals surface area (Å²) in [5.74, 6) is 0. The summed E-state index contributed by atoms with van der Waals surface area (Å²) in [5.41, 5.74) is -3.68. The quantitative estimate of drug-likeness (QED) is 0.365. The molecule has 2 heterocycles. The highest BCUT2D eigenvalue weighted by Crippen LogP contribution is 2.37. The lowest BCUT2D eigenvalue weighted by atomic mass is 10.1. The standard InChI is InChI=1S/C16H15F6N5O4S/c17-15(18,19)11-5-12(16(20,21)22)7-14(6-11)32(30,31)26-3-1-24(2-4-26)10-25-9-13(8-23-25)27(28)29/h5-9H,1-4,10H2. The van der Waals surface area contributed by atoms with Crippen LogP contribution in [0.3, 0.4) is 0 Å². The molecule has 1 fully saturated rings. The minimum Gasteiger partial charge on any atom is -0.282 e. The van der Waals surface area contributed by atoms with Crippen molar-refractivity contribution in [2.75, 3.05) is 26.2 Å². The first kappa shape index (κ1) is 23.9. The van der Waals surface area contributed by atoms with E-state index in [1.807, 2.05) is 0 Å². The summed E-state index contributed by atoms with van der Waals surface area (Å²) in [5, 5.41) is 14.5. The highest BCUT2D eigenvalue weighted by molar-refractivity contribution is 7.89. The maximum atomic E-state index is 13.0. The van der Waals surface area contributed by atoms with Gasteiger partial charge in [0.05, 0.1) is 27.6 Å². The number of halogens is 6. The molecule has 0 radical (unpaired) electrons. The molecule has 0 atom stereocenters. The molecule has 0 unspecified atom stereocenters. The van der Waals surface area contributed by atoms with E-state index in [0.717, 1.165) is 10.5 Å². The Morgan fingerprint density at radius 2 is 1.50 bits per heavy atom. The maximum Gasteiger partial charge on any atom is 0.416 e. The molecule has 16 heteroatoms. The Morgan fingerprint density at radius 1 is 0.969 bits per heavy atom. The summed E-state index contributed by atoms with van der Waals surface area (Å²) < 4.78 is 106. The summed E-state index contributed by atoms with van der Waals surface area (Å²) in [7, 11) is -4.64. The molecule has 1 aliphatic rings. The fourth-order valence-corrected chi connectivity index (χ4v) is 4.56. The van der Waals surface area contributed by atoms with Crippen LogP contribution in [0.5, 0.6) is 0 Å². The molecule has 3 rings (SSSR count). The van der Waals surface area contributed by atoms with Gasteiger partial charge in [0, 0.05) is 26.2 Å². The van der Waals surface area contributed by atoms with Crippen LogP contribution in [0.2, 0.25) is 0 Å². The predicted octanol–water partition coefficient (Wildman–Crippen LogP) is 2.79. The molecular formula is C16H15F6N5O4S. The first-order valence-electron chi connectivity index (χ1n) is 8.87. The van der Waals surface area contributed by atoms with E-state index < -0.39 is 43.3 Å². The lowest BCUT2D eigenvalue weighted by molar-refractivity contribution is -0.385. The topological polar surface area (TPSA) is 102 Å². The SMILES string of the molecule is O=[N+]([O-])c1cnn(CN2CCN(S(=O)(=O)c3cc(C(F)(F)F)cc(C(F)(F)F)c3)CC2)c1. The van der Waals surface area contributed by atoms with Gasteiger partial charge in [0.1, 0.15) is 12.4 Å². The second-order valence-corrected chi connectivity index (χ2v) is 8.84. The Hall–Kier alpha value is -2.72. The van der Waals surface area contributed by atoms with Gasteiger partial charge in [-0.25, -0.2) is 8.42 Å². The van der Waals surface area contributed by atoms with Gasteiger partial charge in [-0.1, -0.05) is 0 Å². The number of sulfonamides is 1. The first-order chi connectivity index (χ1) is 14.7. The molecule has 0 spiro atoms. The molecule has 1 saturated heterocycles. The normalized spacial score (nSPS) is 16.9. The third kappa shape index (κ3) is 5.18. The molecule has 0 N–H and O–H groups in total. The van der Waals surface area contributed by atoms with Gasteiger partial charge in [-0.2, -0.15) is 35.7 Å². The van der Waals surface area contributed by atoms with Gasteiger partial charge in [0.2, 0.25) is 10.0 Å². The molecule has 176 valence electrons. The van der Waals surface area contributed by atoms with E-state index in [4.69, 9.17) is 0 Å². The number of benzene rings is 1. The summed E-state index contributed by atoms with van der Waals surface area (Å²) in [4.78, 5) is 10.6. The van der Waals surface area contributed by atoms with Crippen molar-refractivity contribution in [3.8, 4) is 0 Å². The van der Waals surface area contributed by atoms with E-state index in [9.17, 15) is 44.9 Å². The molecule has 9 nitrogen and oxygen atoms in total. The molecule has 2 aromatic rings. The lowest BCUT2D eigenvalue weighted by Gasteiger charge is -2.33. The number of nitrogens with zero attached hydrogens (tertiary/aromatic N) is 5. The Kier molecular flexibility index (Phi) is 6.23. The van der Waals surface area contributed by atoms with E-state index in [2.05, 4.69) is 5.10 Å². The number of aromatic nitrogens is 2. The zero-order valence-corrected chi connectivity index (χ0v) is 16.8. The first-order valence-corrected chi connectivity index (χ1v) is 10.3. The number of hydrogen-bond acceptors (Lipinski definition) is 6. The Labute approximate surface area is 177 Å². The second-order valence-electron chi connectivity index (χ2n) is 6.90. The molecule has 1 aliphatic heterocycles. The van der Waals surface area contributed by atoms with Crippen molar-refractivity contribution >= 4 is 15.7 Å². The Balaban J connectivity index is 1.78. The third-order valence-electron chi connectivity index (χ3n) is 4.71. The Bertz CT molecular complexity index is 1070. The highest BCUT2D eigenvalue weighted by Gasteiger charge is 2.39. The van der Waals surface area contributed by atoms with Crippen LogP contribution in [0.25, 0.3) is 0 Å². The smallest absolute Gasteiger partial charge is 0.282 e. The molecule has 1 aromatic heterocycles. The number of hydrogen-bond donors (Lipinski definition) is 0. The number of rotatable bonds is 5. The van der Waals surface area contributed by atoms with Crippen LogP contribution in [0.4, 0.5) is 32.0 Å². The van der Waals surface area contributed by atoms with Crippen molar-refractivity contribution < 1.29 is 39.7 Å². The number of alkyl halides is 6. The fourth-order valence-electron chi connectivity index (χ4n) is 3.06. The van der Waals surface area contributed by atoms with E-state index in [1.54, 1.807) is 4.90 Å². The van der Waals surface area contributed by atoms with Crippen molar-refractivity contribution in [3.05, 3.63) is 51.8 Å². The van der Waals surface area contributed by atoms with Gasteiger partial charge in [0.25, 0.3) is 0 Å². The minimum atomic E-state index is -5.17. The average Bonchev–Trinajstić information content (AvgIpc) is 3.15. The zero-order chi connectivity index (χ0) is 23.9. The molecular weight excluding hydrogens is 472 g/mol. The molecule has 0 amide bonds. The lowest BCUT2D eigenvalue weighted by Crippen LogP contribution is -2.48. The molecule has 32 heavy (non-hydrogen) atoms. The van der Waals surface area contributed by atoms with Gasteiger partial charge < -0.3 is 0 Å². The van der Waals surface area contributed by atoms with Gasteiger partial charge in [-0.05, 0) is 18.2 Å². The van der Waals surface area contributed by atoms with Crippen molar-refractivity contribution in [1.82, 2.24) is 19.0 Å². The summed E-state index contributed by atoms with van der Waals surface area (Å²) in [6, 6.07) is 0.222. The monoisotopic (exact) mass is 487 g/mol. The second kappa shape index (κ2) is 8.32. The van der Waals surface area contributed by atoms with Crippen molar-refractivity contribution in [1.29, 1.82) is 0 Å². The van der Waals surface area contributed by atoms with Gasteiger partial charge in [-0.15, -0.1) is 0 Å². The summed E-state index contributed by atoms with van der Waals surface area (Å²) in [6.07, 6.45) is -8.13. The van der Waals surface area contributed by atoms with Crippen LogP contribution in [0.1, 0.15) is 11.1 Å². The third-order valence-corrected chi connectivity index (χ3v) is 6.58. The largest absolute Gasteiger partial charge is 0.416 e. The van der Waals surface area contributed by atoms with Crippen molar-refractivity contribution in [2.45, 2.75) is 23.9 Å². The molecule has 0 bridgehead atoms. The van der Waals surface area contributed by atoms with Crippen LogP contribution in [-0.2, 0) is 29.0 Å². The zero-order valence-electron chi connectivity index (χ0n) is 16.0. The molecule has 0 saturated carbocycles. The van der Waals surface area contributed by atoms with Crippen LogP contribution in [0, 0.1) is 10.1 Å². The number of nitro groups is 1. The van der Waals surface area contributed by atoms with Gasteiger partial charge in [0.15, 0.2) is 0 Å². The van der Waals surface area contributed by atoms with E-state index >= 15 is 0 Å². The predicted molar refractivity (Wildman–Crippen MR) is 95.7 cm³/mol. The van der Waals surface area contributed by atoms with Gasteiger partial charge >= 0.3 is 18.0 Å². The number of piperazine rings is 1. The van der Waals surface area contributed by atoms with Crippen molar-refractivity contribution in [2.24, 2.45) is 0 Å². The van der Waals surface area contributed by atoms with Crippen LogP contribution in [-0.4, -0.2) is 58.5 Å². The maximum absolute atomic E-state index is 13.0. The van der Waals surface area contributed by atoms with E-state index in [-0.39, 0.29) is 56.7 Å². The van der Waals surface area contributed by atoms with E-state index in [1.165, 1.54) is 10.9 Å². The summed E-state index contributed by atoms with van der Waals surface area (Å²) >= 11 is 0. The Morgan fingerprint density at radius 3 is 1.94 bits per heavy atom.